The molecule has 2 aromatic carbocycles. The number of aromatic amines is 1. The first kappa shape index (κ1) is 17.7. The number of carbonyl (C=O) groups is 2. The number of methoxy groups -OCH3 is 1. The number of esters is 1. The third-order valence-electron chi connectivity index (χ3n) is 4.33. The van der Waals surface area contributed by atoms with Crippen molar-refractivity contribution in [2.45, 2.75) is 6.92 Å². The van der Waals surface area contributed by atoms with Crippen LogP contribution >= 0.6 is 0 Å². The van der Waals surface area contributed by atoms with Crippen LogP contribution in [-0.2, 0) is 4.74 Å². The minimum absolute atomic E-state index is 0.181. The predicted molar refractivity (Wildman–Crippen MR) is 105 cm³/mol. The van der Waals surface area contributed by atoms with Gasteiger partial charge < -0.3 is 24.2 Å². The number of anilines is 1. The molecule has 0 bridgehead atoms. The fourth-order valence-corrected chi connectivity index (χ4v) is 3.03. The molecule has 1 amide bonds. The van der Waals surface area contributed by atoms with E-state index >= 15 is 0 Å². The van der Waals surface area contributed by atoms with Gasteiger partial charge in [-0.25, -0.2) is 4.79 Å². The zero-order chi connectivity index (χ0) is 19.7. The highest BCUT2D eigenvalue weighted by molar-refractivity contribution is 6.06. The van der Waals surface area contributed by atoms with Gasteiger partial charge in [0.1, 0.15) is 5.69 Å². The van der Waals surface area contributed by atoms with Gasteiger partial charge in [0.15, 0.2) is 17.1 Å². The normalized spacial score (nSPS) is 10.9. The lowest BCUT2D eigenvalue weighted by molar-refractivity contribution is 0.0520. The number of nitrogens with one attached hydrogen (secondary N) is 2. The second-order valence-corrected chi connectivity index (χ2v) is 6.15. The lowest BCUT2D eigenvalue weighted by Gasteiger charge is -2.03. The summed E-state index contributed by atoms with van der Waals surface area (Å²) in [5, 5.41) is 4.38. The molecule has 2 heterocycles. The Morgan fingerprint density at radius 3 is 2.75 bits per heavy atom. The molecule has 142 valence electrons. The van der Waals surface area contributed by atoms with E-state index in [1.165, 1.54) is 0 Å². The summed E-state index contributed by atoms with van der Waals surface area (Å²) in [7, 11) is 1.55. The van der Waals surface area contributed by atoms with Crippen molar-refractivity contribution in [2.24, 2.45) is 0 Å². The first-order valence-corrected chi connectivity index (χ1v) is 8.77. The van der Waals surface area contributed by atoms with Crippen molar-refractivity contribution in [3.8, 4) is 5.75 Å². The van der Waals surface area contributed by atoms with Crippen molar-refractivity contribution in [1.29, 1.82) is 0 Å². The van der Waals surface area contributed by atoms with Gasteiger partial charge in [-0.05, 0) is 43.3 Å². The van der Waals surface area contributed by atoms with Crippen LogP contribution in [0.15, 0.2) is 52.9 Å². The molecule has 0 unspecified atom stereocenters. The fourth-order valence-electron chi connectivity index (χ4n) is 3.03. The van der Waals surface area contributed by atoms with Gasteiger partial charge in [0.2, 0.25) is 0 Å². The maximum atomic E-state index is 12.6. The van der Waals surface area contributed by atoms with Crippen molar-refractivity contribution in [3.05, 3.63) is 60.0 Å². The van der Waals surface area contributed by atoms with Crippen molar-refractivity contribution in [1.82, 2.24) is 4.98 Å². The Morgan fingerprint density at radius 1 is 1.11 bits per heavy atom. The number of aromatic nitrogens is 1. The van der Waals surface area contributed by atoms with Crippen LogP contribution in [0.2, 0.25) is 0 Å². The van der Waals surface area contributed by atoms with E-state index in [0.29, 0.717) is 29.3 Å². The number of furan rings is 1. The molecule has 4 rings (SSSR count). The molecule has 0 atom stereocenters. The summed E-state index contributed by atoms with van der Waals surface area (Å²) in [6, 6.07) is 14.1. The summed E-state index contributed by atoms with van der Waals surface area (Å²) in [6.07, 6.45) is 0. The lowest BCUT2D eigenvalue weighted by atomic mass is 10.2. The Labute approximate surface area is 160 Å². The zero-order valence-corrected chi connectivity index (χ0v) is 15.4. The molecule has 0 saturated carbocycles. The highest BCUT2D eigenvalue weighted by Crippen LogP contribution is 2.29. The summed E-state index contributed by atoms with van der Waals surface area (Å²) < 4.78 is 15.9. The van der Waals surface area contributed by atoms with Gasteiger partial charge in [0.25, 0.3) is 5.91 Å². The molecule has 7 heteroatoms. The van der Waals surface area contributed by atoms with Crippen molar-refractivity contribution in [2.75, 3.05) is 19.0 Å². The van der Waals surface area contributed by atoms with Crippen LogP contribution in [0.5, 0.6) is 5.75 Å². The number of para-hydroxylation sites is 1. The Kier molecular flexibility index (Phi) is 4.49. The van der Waals surface area contributed by atoms with Gasteiger partial charge in [-0.3, -0.25) is 4.79 Å². The second-order valence-electron chi connectivity index (χ2n) is 6.15. The van der Waals surface area contributed by atoms with E-state index < -0.39 is 5.97 Å². The molecule has 2 aromatic heterocycles. The van der Waals surface area contributed by atoms with Gasteiger partial charge in [0.05, 0.1) is 13.7 Å². The first-order valence-electron chi connectivity index (χ1n) is 8.77. The number of hydrogen-bond donors (Lipinski definition) is 2. The van der Waals surface area contributed by atoms with Gasteiger partial charge in [-0.2, -0.15) is 0 Å². The van der Waals surface area contributed by atoms with Gasteiger partial charge in [0, 0.05) is 22.0 Å². The molecule has 7 nitrogen and oxygen atoms in total. The third-order valence-corrected chi connectivity index (χ3v) is 4.33. The molecule has 28 heavy (non-hydrogen) atoms. The third kappa shape index (κ3) is 3.18. The number of rotatable bonds is 5. The smallest absolute Gasteiger partial charge is 0.354 e. The van der Waals surface area contributed by atoms with Crippen molar-refractivity contribution >= 4 is 39.4 Å². The number of carbonyl (C=O) groups excluding carboxylic acids is 2. The first-order chi connectivity index (χ1) is 13.6. The Hall–Kier alpha value is -3.74. The van der Waals surface area contributed by atoms with Crippen LogP contribution < -0.4 is 10.1 Å². The monoisotopic (exact) mass is 378 g/mol. The van der Waals surface area contributed by atoms with E-state index in [9.17, 15) is 9.59 Å². The van der Waals surface area contributed by atoms with Crippen molar-refractivity contribution < 1.29 is 23.5 Å². The average molecular weight is 378 g/mol. The number of fused-ring (bicyclic) bond motifs is 2. The second kappa shape index (κ2) is 7.11. The quantitative estimate of drug-likeness (QED) is 0.504. The summed E-state index contributed by atoms with van der Waals surface area (Å²) in [5.74, 6) is -0.0445. The molecular weight excluding hydrogens is 360 g/mol. The molecule has 4 aromatic rings. The molecule has 0 saturated heterocycles. The Morgan fingerprint density at radius 2 is 1.96 bits per heavy atom. The van der Waals surface area contributed by atoms with E-state index in [1.807, 2.05) is 12.1 Å². The van der Waals surface area contributed by atoms with Crippen molar-refractivity contribution in [3.63, 3.8) is 0 Å². The molecular formula is C21H18N2O5. The molecule has 0 aliphatic heterocycles. The number of ether oxygens (including phenoxy) is 2. The largest absolute Gasteiger partial charge is 0.493 e. The molecule has 0 aliphatic carbocycles. The number of amides is 1. The van der Waals surface area contributed by atoms with E-state index in [-0.39, 0.29) is 11.7 Å². The SMILES string of the molecule is CCOC(=O)c1cc2cc(NC(=O)c3cc4cccc(OC)c4o3)ccc2[nH]1. The minimum Gasteiger partial charge on any atom is -0.493 e. The molecule has 0 spiro atoms. The number of H-pyrrole nitrogens is 1. The van der Waals surface area contributed by atoms with Crippen LogP contribution in [0, 0.1) is 0 Å². The highest BCUT2D eigenvalue weighted by Gasteiger charge is 2.16. The van der Waals surface area contributed by atoms with E-state index in [1.54, 1.807) is 50.4 Å². The maximum Gasteiger partial charge on any atom is 0.354 e. The minimum atomic E-state index is -0.416. The van der Waals surface area contributed by atoms with Crippen LogP contribution in [0.4, 0.5) is 5.69 Å². The predicted octanol–water partition coefficient (Wildman–Crippen LogP) is 4.35. The Bertz CT molecular complexity index is 1190. The summed E-state index contributed by atoms with van der Waals surface area (Å²) in [5.41, 5.74) is 2.24. The summed E-state index contributed by atoms with van der Waals surface area (Å²) >= 11 is 0. The Balaban J connectivity index is 1.59. The van der Waals surface area contributed by atoms with Crippen LogP contribution in [0.25, 0.3) is 21.9 Å². The van der Waals surface area contributed by atoms with Gasteiger partial charge in [-0.15, -0.1) is 0 Å². The standard InChI is InChI=1S/C21H18N2O5/c1-3-27-21(25)16-10-13-9-14(7-8-15(13)23-16)22-20(24)18-11-12-5-4-6-17(26-2)19(12)28-18/h4-11,23H,3H2,1-2H3,(H,22,24). The highest BCUT2D eigenvalue weighted by atomic mass is 16.5. The summed E-state index contributed by atoms with van der Waals surface area (Å²) in [6.45, 7) is 2.06. The van der Waals surface area contributed by atoms with Crippen LogP contribution in [0.3, 0.4) is 0 Å². The molecule has 2 N–H and O–H groups in total. The molecule has 0 radical (unpaired) electrons. The number of hydrogen-bond acceptors (Lipinski definition) is 5. The van der Waals surface area contributed by atoms with Crippen LogP contribution in [0.1, 0.15) is 28.0 Å². The maximum absolute atomic E-state index is 12.6. The van der Waals surface area contributed by atoms with Gasteiger partial charge in [-0.1, -0.05) is 12.1 Å². The molecule has 0 fully saturated rings. The van der Waals surface area contributed by atoms with Crippen LogP contribution in [-0.4, -0.2) is 30.6 Å². The lowest BCUT2D eigenvalue weighted by Crippen LogP contribution is -2.10. The summed E-state index contributed by atoms with van der Waals surface area (Å²) in [4.78, 5) is 27.4. The van der Waals surface area contributed by atoms with Gasteiger partial charge >= 0.3 is 5.97 Å². The number of benzene rings is 2. The zero-order valence-electron chi connectivity index (χ0n) is 15.4. The van der Waals surface area contributed by atoms with E-state index in [4.69, 9.17) is 13.9 Å². The molecule has 0 aliphatic rings. The topological polar surface area (TPSA) is 93.6 Å². The van der Waals surface area contributed by atoms with E-state index in [2.05, 4.69) is 10.3 Å². The average Bonchev–Trinajstić information content (AvgIpc) is 3.31. The fraction of sp³-hybridized carbons (Fsp3) is 0.143. The van der Waals surface area contributed by atoms with E-state index in [0.717, 1.165) is 16.3 Å².